The van der Waals surface area contributed by atoms with E-state index in [-0.39, 0.29) is 11.3 Å². The van der Waals surface area contributed by atoms with Crippen LogP contribution in [0.3, 0.4) is 0 Å². The molecule has 0 spiro atoms. The fourth-order valence-corrected chi connectivity index (χ4v) is 5.49. The van der Waals surface area contributed by atoms with Gasteiger partial charge in [0, 0.05) is 21.8 Å². The van der Waals surface area contributed by atoms with Gasteiger partial charge in [-0.05, 0) is 75.0 Å². The SMILES string of the molecule is [2H]c1c([2H])c(N(c2c([2H])c([2H])c([2H])c3c([2H])c([2H])c([2H])c([2H])c23)c2cccc3oc4c5ccccc5ccc4c23)c([2H])c([2H])c1-c1c([2H])c([2H])c2c([2H])c([2H])c([2H])c([2H])c2c1[2H]. The van der Waals surface area contributed by atoms with Crippen LogP contribution in [-0.2, 0) is 0 Å². The summed E-state index contributed by atoms with van der Waals surface area (Å²) in [5.74, 6) is 0. The highest BCUT2D eigenvalue weighted by molar-refractivity contribution is 6.20. The third-order valence-electron chi connectivity index (χ3n) is 7.46. The van der Waals surface area contributed by atoms with Crippen LogP contribution in [0.1, 0.15) is 24.7 Å². The van der Waals surface area contributed by atoms with E-state index in [1.807, 2.05) is 30.3 Å². The molecule has 2 heteroatoms. The summed E-state index contributed by atoms with van der Waals surface area (Å²) in [6, 6.07) is 1.98. The van der Waals surface area contributed by atoms with Crippen LogP contribution in [0.5, 0.6) is 0 Å². The van der Waals surface area contributed by atoms with Crippen molar-refractivity contribution in [2.24, 2.45) is 0 Å². The molecular formula is C42H27NO. The van der Waals surface area contributed by atoms with E-state index in [1.165, 1.54) is 6.07 Å². The first-order chi connectivity index (χ1) is 29.3. The number of benzene rings is 8. The molecule has 44 heavy (non-hydrogen) atoms. The number of nitrogens with zero attached hydrogens (tertiary/aromatic N) is 1. The Morgan fingerprint density at radius 1 is 0.477 bits per heavy atom. The van der Waals surface area contributed by atoms with Crippen molar-refractivity contribution < 1.29 is 29.1 Å². The van der Waals surface area contributed by atoms with Gasteiger partial charge in [0.05, 0.1) is 41.4 Å². The first kappa shape index (κ1) is 12.8. The molecule has 0 aliphatic heterocycles. The highest BCUT2D eigenvalue weighted by atomic mass is 16.3. The van der Waals surface area contributed by atoms with E-state index in [0.29, 0.717) is 21.7 Å². The number of furan rings is 1. The smallest absolute Gasteiger partial charge is 0.143 e. The largest absolute Gasteiger partial charge is 0.455 e. The lowest BCUT2D eigenvalue weighted by atomic mass is 10.00. The molecule has 8 aromatic carbocycles. The molecule has 0 atom stereocenters. The minimum absolute atomic E-state index is 0.0296. The van der Waals surface area contributed by atoms with Crippen molar-refractivity contribution in [2.45, 2.75) is 0 Å². The molecule has 0 aliphatic carbocycles. The topological polar surface area (TPSA) is 16.4 Å². The summed E-state index contributed by atoms with van der Waals surface area (Å²) >= 11 is 0. The Morgan fingerprint density at radius 3 is 2.16 bits per heavy atom. The molecule has 0 fully saturated rings. The lowest BCUT2D eigenvalue weighted by molar-refractivity contribution is 0.672. The van der Waals surface area contributed by atoms with Crippen LogP contribution in [-0.4, -0.2) is 0 Å². The van der Waals surface area contributed by atoms with Gasteiger partial charge >= 0.3 is 0 Å². The minimum Gasteiger partial charge on any atom is -0.455 e. The Labute approximate surface area is 280 Å². The van der Waals surface area contributed by atoms with Crippen molar-refractivity contribution in [2.75, 3.05) is 4.90 Å². The van der Waals surface area contributed by atoms with E-state index in [4.69, 9.17) is 22.2 Å². The molecule has 2 nitrogen and oxygen atoms in total. The van der Waals surface area contributed by atoms with Crippen molar-refractivity contribution in [3.8, 4) is 11.1 Å². The Kier molecular flexibility index (Phi) is 2.87. The lowest BCUT2D eigenvalue weighted by Crippen LogP contribution is -2.10. The average molecular weight is 580 g/mol. The number of anilines is 3. The predicted molar refractivity (Wildman–Crippen MR) is 186 cm³/mol. The zero-order valence-electron chi connectivity index (χ0n) is 40.6. The van der Waals surface area contributed by atoms with Crippen LogP contribution >= 0.6 is 0 Å². The number of hydrogen-bond donors (Lipinski definition) is 0. The third kappa shape index (κ3) is 3.89. The molecule has 9 aromatic rings. The first-order valence-corrected chi connectivity index (χ1v) is 13.6. The maximum atomic E-state index is 9.59. The zero-order valence-corrected chi connectivity index (χ0v) is 22.6. The maximum absolute atomic E-state index is 9.59. The van der Waals surface area contributed by atoms with Crippen LogP contribution in [0, 0.1) is 0 Å². The predicted octanol–water partition coefficient (Wildman–Crippen LogP) is 12.2. The number of fused-ring (bicyclic) bond motifs is 7. The summed E-state index contributed by atoms with van der Waals surface area (Å²) in [4.78, 5) is 1.08. The van der Waals surface area contributed by atoms with Crippen LogP contribution < -0.4 is 4.90 Å². The molecule has 0 saturated heterocycles. The Balaban J connectivity index is 1.47. The van der Waals surface area contributed by atoms with Gasteiger partial charge in [0.25, 0.3) is 0 Å². The van der Waals surface area contributed by atoms with Crippen LogP contribution in [0.4, 0.5) is 17.1 Å². The third-order valence-corrected chi connectivity index (χ3v) is 7.46. The normalized spacial score (nSPS) is 17.4. The van der Waals surface area contributed by atoms with Crippen LogP contribution in [0.25, 0.3) is 65.4 Å². The molecule has 0 N–H and O–H groups in total. The lowest BCUT2D eigenvalue weighted by Gasteiger charge is -2.27. The molecule has 0 amide bonds. The molecule has 0 unspecified atom stereocenters. The van der Waals surface area contributed by atoms with E-state index in [2.05, 4.69) is 0 Å². The van der Waals surface area contributed by atoms with Gasteiger partial charge in [0.1, 0.15) is 11.2 Å². The van der Waals surface area contributed by atoms with Gasteiger partial charge in [-0.15, -0.1) is 0 Å². The van der Waals surface area contributed by atoms with Crippen LogP contribution in [0.15, 0.2) is 168 Å². The monoisotopic (exact) mass is 579 g/mol. The van der Waals surface area contributed by atoms with Crippen molar-refractivity contribution in [3.63, 3.8) is 0 Å². The second kappa shape index (κ2) is 9.86. The average Bonchev–Trinajstić information content (AvgIpc) is 3.66. The standard InChI is InChI=1S/C42H27NO/c1-2-12-32-27-33(20-19-28(32)9-1)29-21-24-34(25-22-29)43(38-16-7-13-30-10-3-5-14-35(30)38)39-17-8-18-40-41(39)37-26-23-31-11-4-6-15-36(31)42(37)44-40/h1-27H/i1D,2D,3D,5D,7D,9D,10D,12D,13D,14D,16D,19D,20D,21D,22D,24D,25D,27D. The second-order valence-electron chi connectivity index (χ2n) is 9.95. The summed E-state index contributed by atoms with van der Waals surface area (Å²) in [5.41, 5.74) is -1.65. The summed E-state index contributed by atoms with van der Waals surface area (Å²) < 4.78 is 167. The van der Waals surface area contributed by atoms with Crippen molar-refractivity contribution >= 4 is 71.3 Å². The number of rotatable bonds is 4. The molecule has 0 radical (unpaired) electrons. The second-order valence-corrected chi connectivity index (χ2v) is 9.95. The highest BCUT2D eigenvalue weighted by Crippen LogP contribution is 2.46. The highest BCUT2D eigenvalue weighted by Gasteiger charge is 2.21. The summed E-state index contributed by atoms with van der Waals surface area (Å²) in [6.45, 7) is 0. The summed E-state index contributed by atoms with van der Waals surface area (Å²) in [6.07, 6.45) is 0. The molecule has 206 valence electrons. The Bertz CT molecular complexity index is 3490. The van der Waals surface area contributed by atoms with Crippen molar-refractivity contribution in [3.05, 3.63) is 163 Å². The Morgan fingerprint density at radius 2 is 1.25 bits per heavy atom. The van der Waals surface area contributed by atoms with Crippen LogP contribution in [0.2, 0.25) is 0 Å². The fraction of sp³-hybridized carbons (Fsp3) is 0. The zero-order chi connectivity index (χ0) is 44.7. The summed E-state index contributed by atoms with van der Waals surface area (Å²) in [7, 11) is 0. The van der Waals surface area contributed by atoms with Crippen molar-refractivity contribution in [1.29, 1.82) is 0 Å². The van der Waals surface area contributed by atoms with Gasteiger partial charge in [-0.1, -0.05) is 121 Å². The maximum Gasteiger partial charge on any atom is 0.143 e. The van der Waals surface area contributed by atoms with E-state index < -0.39 is 153 Å². The van der Waals surface area contributed by atoms with Gasteiger partial charge in [0.15, 0.2) is 0 Å². The summed E-state index contributed by atoms with van der Waals surface area (Å²) in [5, 5.41) is 0.565. The van der Waals surface area contributed by atoms with Gasteiger partial charge in [0.2, 0.25) is 0 Å². The van der Waals surface area contributed by atoms with Gasteiger partial charge in [-0.25, -0.2) is 0 Å². The quantitative estimate of drug-likeness (QED) is 0.206. The molecule has 0 aliphatic rings. The van der Waals surface area contributed by atoms with Crippen molar-refractivity contribution in [1.82, 2.24) is 0 Å². The minimum atomic E-state index is -0.872. The van der Waals surface area contributed by atoms with E-state index in [9.17, 15) is 6.85 Å². The first-order valence-electron chi connectivity index (χ1n) is 22.6. The molecule has 1 heterocycles. The van der Waals surface area contributed by atoms with Gasteiger partial charge in [-0.2, -0.15) is 0 Å². The molecule has 0 bridgehead atoms. The Hall–Kier alpha value is -5.86. The molecule has 0 saturated carbocycles. The number of hydrogen-bond acceptors (Lipinski definition) is 2. The fourth-order valence-electron chi connectivity index (χ4n) is 5.49. The van der Waals surface area contributed by atoms with Gasteiger partial charge in [-0.3, -0.25) is 0 Å². The van der Waals surface area contributed by atoms with Gasteiger partial charge < -0.3 is 9.32 Å². The molecule has 9 rings (SSSR count). The molecule has 1 aromatic heterocycles. The van der Waals surface area contributed by atoms with E-state index in [0.717, 1.165) is 10.3 Å². The van der Waals surface area contributed by atoms with E-state index in [1.54, 1.807) is 18.2 Å². The van der Waals surface area contributed by atoms with E-state index >= 15 is 0 Å². The molecular weight excluding hydrogens is 534 g/mol.